The number of phenolic OH excluding ortho intramolecular Hbond substituents is 1. The Morgan fingerprint density at radius 1 is 0.745 bits per heavy atom. The van der Waals surface area contributed by atoms with E-state index in [0.29, 0.717) is 17.5 Å². The molecule has 10 rings (SSSR count). The first-order chi connectivity index (χ1) is 24.6. The molecule has 1 saturated carbocycles. The molecule has 1 fully saturated rings. The number of benzene rings is 4. The summed E-state index contributed by atoms with van der Waals surface area (Å²) in [5.41, 5.74) is 10.7. The van der Waals surface area contributed by atoms with Crippen molar-refractivity contribution in [3.8, 4) is 34.3 Å². The zero-order valence-electron chi connectivity index (χ0n) is 28.3. The smallest absolute Gasteiger partial charge is 0.219 e. The van der Waals surface area contributed by atoms with Crippen molar-refractivity contribution in [1.29, 1.82) is 0 Å². The van der Waals surface area contributed by atoms with Gasteiger partial charge in [0, 0.05) is 49.9 Å². The number of nitrogens with zero attached hydrogens (tertiary/aromatic N) is 3. The first kappa shape index (κ1) is 32.2. The number of aromatic nitrogens is 3. The van der Waals surface area contributed by atoms with Crippen molar-refractivity contribution in [3.63, 3.8) is 0 Å². The Kier molecular flexibility index (Phi) is 8.08. The van der Waals surface area contributed by atoms with E-state index < -0.39 is 0 Å². The Bertz CT molecular complexity index is 2400. The zero-order valence-corrected chi connectivity index (χ0v) is 30.6. The molecular formula is C45H38N3O2Pt-. The first-order valence-electron chi connectivity index (χ1n) is 18.1. The first-order valence-corrected chi connectivity index (χ1v) is 18.1. The summed E-state index contributed by atoms with van der Waals surface area (Å²) in [5, 5.41) is 13.5. The summed E-state index contributed by atoms with van der Waals surface area (Å²) >= 11 is 0. The van der Waals surface area contributed by atoms with Crippen molar-refractivity contribution < 1.29 is 30.9 Å². The monoisotopic (exact) mass is 847 g/mol. The molecule has 6 heteroatoms. The molecule has 7 aromatic rings. The van der Waals surface area contributed by atoms with Crippen molar-refractivity contribution in [2.75, 3.05) is 0 Å². The van der Waals surface area contributed by atoms with E-state index in [-0.39, 0.29) is 32.2 Å². The van der Waals surface area contributed by atoms with E-state index in [2.05, 4.69) is 65.2 Å². The Labute approximate surface area is 312 Å². The Hall–Kier alpha value is -4.73. The average molecular weight is 848 g/mol. The van der Waals surface area contributed by atoms with Crippen LogP contribution in [0.2, 0.25) is 0 Å². The fraction of sp³-hybridized carbons (Fsp3) is 0.244. The minimum Gasteiger partial charge on any atom is -0.517 e. The molecule has 3 aliphatic carbocycles. The number of pyridine rings is 2. The molecule has 3 heterocycles. The van der Waals surface area contributed by atoms with Crippen LogP contribution in [-0.2, 0) is 46.7 Å². The van der Waals surface area contributed by atoms with Crippen LogP contribution in [0.25, 0.3) is 38.9 Å². The molecule has 4 aromatic carbocycles. The van der Waals surface area contributed by atoms with Gasteiger partial charge in [0.1, 0.15) is 5.82 Å². The molecule has 0 amide bonds. The predicted molar refractivity (Wildman–Crippen MR) is 198 cm³/mol. The number of hydrogen-bond acceptors (Lipinski definition) is 4. The largest absolute Gasteiger partial charge is 0.517 e. The van der Waals surface area contributed by atoms with Crippen molar-refractivity contribution >= 4 is 21.9 Å². The summed E-state index contributed by atoms with van der Waals surface area (Å²) < 4.78 is 8.61. The van der Waals surface area contributed by atoms with Gasteiger partial charge in [0.05, 0.1) is 11.3 Å². The van der Waals surface area contributed by atoms with Gasteiger partial charge in [-0.1, -0.05) is 84.5 Å². The Balaban J connectivity index is 0.00000348. The standard InChI is InChI=1S/C45H38N3O2.Pt/c49-40-20-17-34-27-45(25-32-11-4-5-12-33(32)26-45)28-38(34)43(40)31-13-8-14-35(23-31)50-42-21-18-36-37-24-30(29-9-2-1-3-10-29)16-19-39(37)48(44(36)47-42)41-15-6-7-22-46-41;/h4-8,11-22,24,29,49H,1-3,9-10,25-28H2;/q-1;. The van der Waals surface area contributed by atoms with Gasteiger partial charge < -0.3 is 9.84 Å². The molecule has 5 nitrogen and oxygen atoms in total. The quantitative estimate of drug-likeness (QED) is 0.175. The van der Waals surface area contributed by atoms with Gasteiger partial charge >= 0.3 is 0 Å². The number of rotatable bonds is 5. The van der Waals surface area contributed by atoms with E-state index in [4.69, 9.17) is 14.7 Å². The number of ether oxygens (including phenoxy) is 1. The summed E-state index contributed by atoms with van der Waals surface area (Å²) in [6, 6.07) is 39.2. The molecule has 1 N–H and O–H groups in total. The summed E-state index contributed by atoms with van der Waals surface area (Å²) in [5.74, 6) is 2.78. The van der Waals surface area contributed by atoms with Crippen LogP contribution in [0.15, 0.2) is 109 Å². The molecule has 256 valence electrons. The fourth-order valence-corrected chi connectivity index (χ4v) is 9.33. The van der Waals surface area contributed by atoms with Gasteiger partial charge in [0.25, 0.3) is 0 Å². The molecule has 0 unspecified atom stereocenters. The zero-order chi connectivity index (χ0) is 33.2. The van der Waals surface area contributed by atoms with Crippen molar-refractivity contribution in [1.82, 2.24) is 14.5 Å². The van der Waals surface area contributed by atoms with Crippen molar-refractivity contribution in [2.45, 2.75) is 63.7 Å². The van der Waals surface area contributed by atoms with Gasteiger partial charge in [-0.15, -0.1) is 23.8 Å². The topological polar surface area (TPSA) is 60.2 Å². The number of fused-ring (bicyclic) bond motifs is 5. The Morgan fingerprint density at radius 2 is 1.55 bits per heavy atom. The van der Waals surface area contributed by atoms with Gasteiger partial charge in [0.15, 0.2) is 5.65 Å². The van der Waals surface area contributed by atoms with E-state index in [0.717, 1.165) is 59.2 Å². The van der Waals surface area contributed by atoms with Gasteiger partial charge in [-0.3, -0.25) is 4.57 Å². The van der Waals surface area contributed by atoms with Crippen LogP contribution in [0.5, 0.6) is 17.4 Å². The van der Waals surface area contributed by atoms with Crippen molar-refractivity contribution in [2.24, 2.45) is 5.41 Å². The molecule has 0 saturated heterocycles. The molecule has 0 bridgehead atoms. The predicted octanol–water partition coefficient (Wildman–Crippen LogP) is 10.5. The van der Waals surface area contributed by atoms with Crippen LogP contribution in [0.4, 0.5) is 0 Å². The van der Waals surface area contributed by atoms with E-state index in [1.54, 1.807) is 0 Å². The van der Waals surface area contributed by atoms with Crippen molar-refractivity contribution in [3.05, 3.63) is 143 Å². The third-order valence-electron chi connectivity index (χ3n) is 11.6. The minimum atomic E-state index is 0. The van der Waals surface area contributed by atoms with Crippen LogP contribution in [0.1, 0.15) is 65.8 Å². The van der Waals surface area contributed by atoms with E-state index in [9.17, 15) is 5.11 Å². The van der Waals surface area contributed by atoms with Crippen LogP contribution in [-0.4, -0.2) is 19.6 Å². The maximum Gasteiger partial charge on any atom is 0.219 e. The molecular weight excluding hydrogens is 810 g/mol. The molecule has 1 spiro atoms. The molecule has 3 aromatic heterocycles. The molecule has 0 atom stereocenters. The maximum atomic E-state index is 11.3. The van der Waals surface area contributed by atoms with Crippen LogP contribution in [0, 0.1) is 11.5 Å². The molecule has 3 aliphatic rings. The van der Waals surface area contributed by atoms with Crippen LogP contribution < -0.4 is 4.74 Å². The van der Waals surface area contributed by atoms with Crippen LogP contribution in [0.3, 0.4) is 0 Å². The summed E-state index contributed by atoms with van der Waals surface area (Å²) in [4.78, 5) is 9.82. The average Bonchev–Trinajstić information content (AvgIpc) is 3.81. The Morgan fingerprint density at radius 3 is 2.35 bits per heavy atom. The summed E-state index contributed by atoms with van der Waals surface area (Å²) in [6.45, 7) is 0. The molecule has 0 aliphatic heterocycles. The third kappa shape index (κ3) is 5.58. The summed E-state index contributed by atoms with van der Waals surface area (Å²) in [7, 11) is 0. The SMILES string of the molecule is Oc1ccc2c(c1-c1[c-]c(Oc3ccc4c5cc(C6CCCCC6)ccc5n(-c5ccccn5)c4n3)ccc1)CC1(Cc3ccccc3C1)C2.[Pt]. The van der Waals surface area contributed by atoms with Crippen LogP contribution >= 0.6 is 0 Å². The fourth-order valence-electron chi connectivity index (χ4n) is 9.33. The molecule has 0 radical (unpaired) electrons. The minimum absolute atomic E-state index is 0. The third-order valence-corrected chi connectivity index (χ3v) is 11.6. The van der Waals surface area contributed by atoms with E-state index >= 15 is 0 Å². The van der Waals surface area contributed by atoms with E-state index in [1.807, 2.05) is 54.7 Å². The van der Waals surface area contributed by atoms with Gasteiger partial charge in [-0.2, -0.15) is 4.98 Å². The maximum absolute atomic E-state index is 11.3. The normalized spacial score (nSPS) is 16.3. The second-order valence-corrected chi connectivity index (χ2v) is 14.8. The number of aromatic hydroxyl groups is 1. The van der Waals surface area contributed by atoms with E-state index in [1.165, 1.54) is 65.3 Å². The second-order valence-electron chi connectivity index (χ2n) is 14.8. The molecule has 51 heavy (non-hydrogen) atoms. The van der Waals surface area contributed by atoms with Gasteiger partial charge in [-0.25, -0.2) is 4.98 Å². The number of hydrogen-bond donors (Lipinski definition) is 1. The second kappa shape index (κ2) is 12.8. The number of phenols is 1. The van der Waals surface area contributed by atoms with Gasteiger partial charge in [-0.05, 0) is 103 Å². The summed E-state index contributed by atoms with van der Waals surface area (Å²) in [6.07, 6.45) is 12.4. The van der Waals surface area contributed by atoms with Gasteiger partial charge in [0.2, 0.25) is 5.88 Å².